The molecule has 2 rings (SSSR count). The van der Waals surface area contributed by atoms with Crippen LogP contribution in [0.25, 0.3) is 0 Å². The van der Waals surface area contributed by atoms with Crippen LogP contribution in [-0.2, 0) is 0 Å². The van der Waals surface area contributed by atoms with Crippen molar-refractivity contribution < 1.29 is 24.0 Å². The van der Waals surface area contributed by atoms with E-state index >= 15 is 0 Å². The number of carbonyl (C=O) groups is 1. The lowest BCUT2D eigenvalue weighted by Crippen LogP contribution is -2.02. The zero-order chi connectivity index (χ0) is 15.6. The molecule has 2 aromatic rings. The number of hydrogen-bond donors (Lipinski definition) is 1. The first-order valence-corrected chi connectivity index (χ1v) is 6.61. The lowest BCUT2D eigenvalue weighted by atomic mass is 10.3. The van der Waals surface area contributed by atoms with E-state index in [0.717, 1.165) is 0 Å². The zero-order valence-corrected chi connectivity index (χ0v) is 12.4. The second kappa shape index (κ2) is 5.96. The summed E-state index contributed by atoms with van der Waals surface area (Å²) in [5.41, 5.74) is -0.114. The molecule has 1 unspecified atom stereocenters. The first-order valence-electron chi connectivity index (χ1n) is 5.81. The van der Waals surface area contributed by atoms with Crippen molar-refractivity contribution >= 4 is 27.6 Å². The van der Waals surface area contributed by atoms with Gasteiger partial charge in [-0.15, -0.1) is 0 Å². The number of nitrogens with zero attached hydrogens (tertiary/aromatic N) is 1. The minimum absolute atomic E-state index is 0.114. The van der Waals surface area contributed by atoms with Crippen molar-refractivity contribution in [3.8, 4) is 5.75 Å². The number of benzene rings is 1. The van der Waals surface area contributed by atoms with Crippen molar-refractivity contribution in [3.05, 3.63) is 56.4 Å². The van der Waals surface area contributed by atoms with Crippen LogP contribution in [0.4, 0.5) is 5.69 Å². The lowest BCUT2D eigenvalue weighted by molar-refractivity contribution is -0.385. The van der Waals surface area contributed by atoms with E-state index in [1.165, 1.54) is 24.3 Å². The minimum atomic E-state index is -1.17. The Morgan fingerprint density at radius 1 is 1.43 bits per heavy atom. The molecule has 0 aliphatic carbocycles. The predicted octanol–water partition coefficient (Wildman–Crippen LogP) is 3.79. The van der Waals surface area contributed by atoms with Gasteiger partial charge >= 0.3 is 5.97 Å². The first-order chi connectivity index (χ1) is 9.86. The molecule has 0 aliphatic rings. The maximum atomic E-state index is 10.8. The van der Waals surface area contributed by atoms with Gasteiger partial charge in [0.05, 0.1) is 11.0 Å². The average Bonchev–Trinajstić information content (AvgIpc) is 2.87. The predicted molar refractivity (Wildman–Crippen MR) is 75.5 cm³/mol. The van der Waals surface area contributed by atoms with Crippen LogP contribution in [0.15, 0.2) is 39.2 Å². The molecule has 1 heterocycles. The Hall–Kier alpha value is -2.35. The molecule has 1 aromatic carbocycles. The summed E-state index contributed by atoms with van der Waals surface area (Å²) in [6.45, 7) is 1.65. The smallest absolute Gasteiger partial charge is 0.371 e. The maximum absolute atomic E-state index is 10.8. The van der Waals surface area contributed by atoms with Crippen LogP contribution in [0.1, 0.15) is 29.3 Å². The van der Waals surface area contributed by atoms with Crippen LogP contribution < -0.4 is 4.74 Å². The van der Waals surface area contributed by atoms with E-state index in [0.29, 0.717) is 10.2 Å². The highest BCUT2D eigenvalue weighted by Crippen LogP contribution is 2.30. The van der Waals surface area contributed by atoms with Gasteiger partial charge in [0.2, 0.25) is 5.76 Å². The Morgan fingerprint density at radius 2 is 2.14 bits per heavy atom. The molecule has 1 atom stereocenters. The van der Waals surface area contributed by atoms with Crippen LogP contribution >= 0.6 is 15.9 Å². The largest absolute Gasteiger partial charge is 0.482 e. The highest BCUT2D eigenvalue weighted by Gasteiger charge is 2.17. The van der Waals surface area contributed by atoms with E-state index in [2.05, 4.69) is 15.9 Å². The summed E-state index contributed by atoms with van der Waals surface area (Å²) in [4.78, 5) is 21.0. The fourth-order valence-corrected chi connectivity index (χ4v) is 2.13. The van der Waals surface area contributed by atoms with Gasteiger partial charge in [-0.25, -0.2) is 4.79 Å². The van der Waals surface area contributed by atoms with E-state index in [4.69, 9.17) is 14.3 Å². The van der Waals surface area contributed by atoms with Crippen LogP contribution in [0.2, 0.25) is 0 Å². The van der Waals surface area contributed by atoms with E-state index in [1.807, 2.05) is 0 Å². The molecule has 7 nitrogen and oxygen atoms in total. The summed E-state index contributed by atoms with van der Waals surface area (Å²) in [6.07, 6.45) is -0.591. The van der Waals surface area contributed by atoms with Gasteiger partial charge in [0, 0.05) is 10.5 Å². The van der Waals surface area contributed by atoms with Crippen molar-refractivity contribution in [1.82, 2.24) is 0 Å². The summed E-state index contributed by atoms with van der Waals surface area (Å²) in [5.74, 6) is -0.779. The van der Waals surface area contributed by atoms with E-state index in [9.17, 15) is 14.9 Å². The van der Waals surface area contributed by atoms with Gasteiger partial charge < -0.3 is 14.3 Å². The fourth-order valence-electron chi connectivity index (χ4n) is 1.67. The molecule has 8 heteroatoms. The van der Waals surface area contributed by atoms with Crippen molar-refractivity contribution in [2.45, 2.75) is 13.0 Å². The molecule has 0 aliphatic heterocycles. The SMILES string of the molecule is CC(Oc1cc(Br)cc([N+](=O)[O-])c1)c1ccc(C(=O)O)o1. The van der Waals surface area contributed by atoms with Gasteiger partial charge in [-0.3, -0.25) is 10.1 Å². The number of non-ortho nitro benzene ring substituents is 1. The van der Waals surface area contributed by atoms with Gasteiger partial charge in [-0.05, 0) is 25.1 Å². The first kappa shape index (κ1) is 15.0. The van der Waals surface area contributed by atoms with Gasteiger partial charge in [0.1, 0.15) is 11.5 Å². The number of nitro groups is 1. The number of furan rings is 1. The molecule has 0 amide bonds. The molecule has 1 aromatic heterocycles. The third-order valence-electron chi connectivity index (χ3n) is 2.62. The number of ether oxygens (including phenoxy) is 1. The Kier molecular flexibility index (Phi) is 4.27. The molecule has 0 spiro atoms. The number of halogens is 1. The number of carboxylic acid groups (broad SMARTS) is 1. The number of rotatable bonds is 5. The minimum Gasteiger partial charge on any atom is -0.482 e. The van der Waals surface area contributed by atoms with Crippen LogP contribution in [0, 0.1) is 10.1 Å². The van der Waals surface area contributed by atoms with Gasteiger partial charge in [0.15, 0.2) is 6.10 Å². The van der Waals surface area contributed by atoms with Crippen molar-refractivity contribution in [1.29, 1.82) is 0 Å². The summed E-state index contributed by atoms with van der Waals surface area (Å²) in [5, 5.41) is 19.6. The summed E-state index contributed by atoms with van der Waals surface area (Å²) in [6, 6.07) is 7.02. The van der Waals surface area contributed by atoms with E-state index < -0.39 is 17.0 Å². The van der Waals surface area contributed by atoms with Crippen LogP contribution in [0.5, 0.6) is 5.75 Å². The molecule has 0 fully saturated rings. The highest BCUT2D eigenvalue weighted by molar-refractivity contribution is 9.10. The van der Waals surface area contributed by atoms with Crippen LogP contribution in [0.3, 0.4) is 0 Å². The van der Waals surface area contributed by atoms with Gasteiger partial charge in [0.25, 0.3) is 5.69 Å². The fraction of sp³-hybridized carbons (Fsp3) is 0.154. The van der Waals surface area contributed by atoms with Crippen molar-refractivity contribution in [2.75, 3.05) is 0 Å². The molecule has 0 bridgehead atoms. The molecule has 1 N–H and O–H groups in total. The Labute approximate surface area is 127 Å². The topological polar surface area (TPSA) is 103 Å². The average molecular weight is 356 g/mol. The molecule has 0 radical (unpaired) electrons. The zero-order valence-electron chi connectivity index (χ0n) is 10.8. The third-order valence-corrected chi connectivity index (χ3v) is 3.08. The van der Waals surface area contributed by atoms with Crippen molar-refractivity contribution in [2.24, 2.45) is 0 Å². The van der Waals surface area contributed by atoms with E-state index in [-0.39, 0.29) is 17.2 Å². The number of aromatic carboxylic acids is 1. The Balaban J connectivity index is 2.20. The number of carboxylic acids is 1. The second-order valence-corrected chi connectivity index (χ2v) is 5.09. The molecule has 0 saturated heterocycles. The molecular weight excluding hydrogens is 346 g/mol. The summed E-state index contributed by atoms with van der Waals surface area (Å²) in [7, 11) is 0. The third kappa shape index (κ3) is 3.60. The molecule has 0 saturated carbocycles. The van der Waals surface area contributed by atoms with Crippen molar-refractivity contribution in [3.63, 3.8) is 0 Å². The summed E-state index contributed by atoms with van der Waals surface area (Å²) < 4.78 is 11.2. The molecule has 21 heavy (non-hydrogen) atoms. The monoisotopic (exact) mass is 355 g/mol. The number of hydrogen-bond acceptors (Lipinski definition) is 5. The molecular formula is C13H10BrNO6. The molecule has 110 valence electrons. The lowest BCUT2D eigenvalue weighted by Gasteiger charge is -2.12. The van der Waals surface area contributed by atoms with Gasteiger partial charge in [-0.2, -0.15) is 0 Å². The Bertz CT molecular complexity index is 696. The highest BCUT2D eigenvalue weighted by atomic mass is 79.9. The van der Waals surface area contributed by atoms with Gasteiger partial charge in [-0.1, -0.05) is 15.9 Å². The normalized spacial score (nSPS) is 11.9. The maximum Gasteiger partial charge on any atom is 0.371 e. The Morgan fingerprint density at radius 3 is 2.71 bits per heavy atom. The quantitative estimate of drug-likeness (QED) is 0.646. The summed E-state index contributed by atoms with van der Waals surface area (Å²) >= 11 is 3.17. The number of nitro benzene ring substituents is 1. The van der Waals surface area contributed by atoms with Crippen LogP contribution in [-0.4, -0.2) is 16.0 Å². The standard InChI is InChI=1S/C13H10BrNO6/c1-7(11-2-3-12(21-11)13(16)17)20-10-5-8(14)4-9(6-10)15(18)19/h2-7H,1H3,(H,16,17). The second-order valence-electron chi connectivity index (χ2n) is 4.17. The van der Waals surface area contributed by atoms with E-state index in [1.54, 1.807) is 13.0 Å².